The number of hydrogen-bond donors (Lipinski definition) is 2. The van der Waals surface area contributed by atoms with E-state index in [1.165, 1.54) is 45.0 Å². The average Bonchev–Trinajstić information content (AvgIpc) is 2.70. The molecule has 1 fully saturated rings. The smallest absolute Gasteiger partial charge is 0.261 e. The molecule has 0 spiro atoms. The highest BCUT2D eigenvalue weighted by molar-refractivity contribution is 7.80. The average molecular weight is 418 g/mol. The van der Waals surface area contributed by atoms with Crippen LogP contribution in [0.4, 0.5) is 5.69 Å². The fourth-order valence-corrected chi connectivity index (χ4v) is 3.64. The van der Waals surface area contributed by atoms with E-state index in [-0.39, 0.29) is 11.0 Å². The Morgan fingerprint density at radius 2 is 1.86 bits per heavy atom. The van der Waals surface area contributed by atoms with E-state index < -0.39 is 0 Å². The van der Waals surface area contributed by atoms with Crippen LogP contribution in [0.2, 0.25) is 5.02 Å². The maximum atomic E-state index is 12.5. The number of piperidine rings is 1. The lowest BCUT2D eigenvalue weighted by atomic mass is 10.1. The summed E-state index contributed by atoms with van der Waals surface area (Å²) >= 11 is 11.2. The second-order valence-electron chi connectivity index (χ2n) is 6.79. The molecular weight excluding hydrogens is 394 g/mol. The second kappa shape index (κ2) is 9.87. The number of nitrogens with zero attached hydrogens (tertiary/aromatic N) is 1. The Morgan fingerprint density at radius 3 is 2.54 bits per heavy atom. The Bertz CT molecular complexity index is 836. The minimum Gasteiger partial charge on any atom is -0.496 e. The van der Waals surface area contributed by atoms with Crippen LogP contribution >= 0.6 is 23.8 Å². The van der Waals surface area contributed by atoms with Crippen LogP contribution in [0.15, 0.2) is 42.5 Å². The molecule has 1 aliphatic rings. The highest BCUT2D eigenvalue weighted by atomic mass is 35.5. The monoisotopic (exact) mass is 417 g/mol. The van der Waals surface area contributed by atoms with E-state index in [1.54, 1.807) is 18.2 Å². The summed E-state index contributed by atoms with van der Waals surface area (Å²) in [4.78, 5) is 15.0. The maximum absolute atomic E-state index is 12.5. The van der Waals surface area contributed by atoms with Gasteiger partial charge in [0.1, 0.15) is 5.75 Å². The SMILES string of the molecule is COc1ccc(Cl)cc1C(=O)NC(=S)Nc1ccc(CN2CCCCC2)cc1. The minimum absolute atomic E-state index is 0.218. The molecule has 1 heterocycles. The van der Waals surface area contributed by atoms with Crippen molar-refractivity contribution >= 4 is 40.5 Å². The summed E-state index contributed by atoms with van der Waals surface area (Å²) in [5, 5.41) is 6.37. The van der Waals surface area contributed by atoms with Crippen LogP contribution in [0.1, 0.15) is 35.2 Å². The van der Waals surface area contributed by atoms with E-state index in [0.717, 1.165) is 12.2 Å². The fourth-order valence-electron chi connectivity index (χ4n) is 3.26. The summed E-state index contributed by atoms with van der Waals surface area (Å²) in [6.07, 6.45) is 3.90. The highest BCUT2D eigenvalue weighted by Gasteiger charge is 2.15. The van der Waals surface area contributed by atoms with E-state index in [2.05, 4.69) is 27.7 Å². The van der Waals surface area contributed by atoms with Gasteiger partial charge in [-0.2, -0.15) is 0 Å². The van der Waals surface area contributed by atoms with E-state index in [0.29, 0.717) is 16.3 Å². The van der Waals surface area contributed by atoms with Gasteiger partial charge in [-0.3, -0.25) is 15.0 Å². The van der Waals surface area contributed by atoms with Gasteiger partial charge in [-0.25, -0.2) is 0 Å². The number of carbonyl (C=O) groups excluding carboxylic acids is 1. The van der Waals surface area contributed by atoms with Crippen LogP contribution in [0.25, 0.3) is 0 Å². The molecule has 1 saturated heterocycles. The first-order valence-electron chi connectivity index (χ1n) is 9.32. The number of hydrogen-bond acceptors (Lipinski definition) is 4. The topological polar surface area (TPSA) is 53.6 Å². The van der Waals surface area contributed by atoms with Crippen LogP contribution in [0.3, 0.4) is 0 Å². The zero-order valence-electron chi connectivity index (χ0n) is 15.8. The number of ether oxygens (including phenoxy) is 1. The van der Waals surface area contributed by atoms with Crippen molar-refractivity contribution in [2.75, 3.05) is 25.5 Å². The molecule has 0 saturated carbocycles. The lowest BCUT2D eigenvalue weighted by Crippen LogP contribution is -2.34. The molecule has 0 bridgehead atoms. The van der Waals surface area contributed by atoms with Gasteiger partial charge >= 0.3 is 0 Å². The molecule has 5 nitrogen and oxygen atoms in total. The maximum Gasteiger partial charge on any atom is 0.261 e. The number of halogens is 1. The largest absolute Gasteiger partial charge is 0.496 e. The van der Waals surface area contributed by atoms with E-state index in [4.69, 9.17) is 28.6 Å². The lowest BCUT2D eigenvalue weighted by molar-refractivity contribution is 0.0975. The molecule has 148 valence electrons. The molecule has 0 atom stereocenters. The molecule has 0 aromatic heterocycles. The number of likely N-dealkylation sites (tertiary alicyclic amines) is 1. The van der Waals surface area contributed by atoms with Crippen molar-refractivity contribution in [1.29, 1.82) is 0 Å². The number of rotatable bonds is 5. The predicted octanol–water partition coefficient (Wildman–Crippen LogP) is 4.46. The van der Waals surface area contributed by atoms with Gasteiger partial charge in [-0.05, 0) is 74.0 Å². The molecule has 1 aliphatic heterocycles. The van der Waals surface area contributed by atoms with Crippen LogP contribution in [-0.2, 0) is 6.54 Å². The molecule has 0 unspecified atom stereocenters. The van der Waals surface area contributed by atoms with Gasteiger partial charge in [0.15, 0.2) is 5.11 Å². The van der Waals surface area contributed by atoms with Crippen LogP contribution < -0.4 is 15.4 Å². The van der Waals surface area contributed by atoms with Gasteiger partial charge in [0.2, 0.25) is 0 Å². The van der Waals surface area contributed by atoms with Crippen molar-refractivity contribution in [3.05, 3.63) is 58.6 Å². The molecule has 0 radical (unpaired) electrons. The molecule has 7 heteroatoms. The number of nitrogens with one attached hydrogen (secondary N) is 2. The quantitative estimate of drug-likeness (QED) is 0.703. The predicted molar refractivity (Wildman–Crippen MR) is 117 cm³/mol. The van der Waals surface area contributed by atoms with Crippen LogP contribution in [0, 0.1) is 0 Å². The summed E-state index contributed by atoms with van der Waals surface area (Å²) in [7, 11) is 1.50. The first-order valence-corrected chi connectivity index (χ1v) is 10.1. The Kier molecular flexibility index (Phi) is 7.25. The highest BCUT2D eigenvalue weighted by Crippen LogP contribution is 2.22. The van der Waals surface area contributed by atoms with Gasteiger partial charge in [0.05, 0.1) is 12.7 Å². The third-order valence-corrected chi connectivity index (χ3v) is 5.14. The zero-order chi connectivity index (χ0) is 19.9. The Morgan fingerprint density at radius 1 is 1.14 bits per heavy atom. The number of carbonyl (C=O) groups is 1. The lowest BCUT2D eigenvalue weighted by Gasteiger charge is -2.26. The van der Waals surface area contributed by atoms with Gasteiger partial charge in [-0.15, -0.1) is 0 Å². The molecule has 2 aromatic carbocycles. The number of methoxy groups -OCH3 is 1. The second-order valence-corrected chi connectivity index (χ2v) is 7.63. The van der Waals surface area contributed by atoms with Gasteiger partial charge < -0.3 is 10.1 Å². The summed E-state index contributed by atoms with van der Waals surface area (Å²) in [6.45, 7) is 3.31. The summed E-state index contributed by atoms with van der Waals surface area (Å²) in [5.41, 5.74) is 2.42. The van der Waals surface area contributed by atoms with Gasteiger partial charge in [0.25, 0.3) is 5.91 Å². The number of anilines is 1. The molecule has 28 heavy (non-hydrogen) atoms. The zero-order valence-corrected chi connectivity index (χ0v) is 17.4. The Hall–Kier alpha value is -2.15. The standard InChI is InChI=1S/C21H24ClN3O2S/c1-27-19-10-7-16(22)13-18(19)20(26)24-21(28)23-17-8-5-15(6-9-17)14-25-11-3-2-4-12-25/h5-10,13H,2-4,11-12,14H2,1H3,(H2,23,24,26,28). The molecule has 0 aliphatic carbocycles. The molecule has 3 rings (SSSR count). The van der Waals surface area contributed by atoms with Crippen molar-refractivity contribution in [3.63, 3.8) is 0 Å². The third-order valence-electron chi connectivity index (χ3n) is 4.70. The number of amides is 1. The number of thiocarbonyl (C=S) groups is 1. The van der Waals surface area contributed by atoms with Crippen molar-refractivity contribution in [3.8, 4) is 5.75 Å². The Labute approximate surface area is 176 Å². The fraction of sp³-hybridized carbons (Fsp3) is 0.333. The summed E-state index contributed by atoms with van der Waals surface area (Å²) < 4.78 is 5.21. The van der Waals surface area contributed by atoms with Gasteiger partial charge in [-0.1, -0.05) is 30.2 Å². The normalized spacial score (nSPS) is 14.4. The van der Waals surface area contributed by atoms with E-state index >= 15 is 0 Å². The molecule has 2 N–H and O–H groups in total. The van der Waals surface area contributed by atoms with Crippen molar-refractivity contribution in [2.24, 2.45) is 0 Å². The van der Waals surface area contributed by atoms with Crippen LogP contribution in [-0.4, -0.2) is 36.1 Å². The summed E-state index contributed by atoms with van der Waals surface area (Å²) in [6, 6.07) is 13.0. The van der Waals surface area contributed by atoms with E-state index in [1.807, 2.05) is 12.1 Å². The molecule has 2 aromatic rings. The first kappa shape index (κ1) is 20.6. The van der Waals surface area contributed by atoms with Gasteiger partial charge in [0, 0.05) is 17.3 Å². The minimum atomic E-state index is -0.376. The van der Waals surface area contributed by atoms with Crippen molar-refractivity contribution in [2.45, 2.75) is 25.8 Å². The first-order chi connectivity index (χ1) is 13.5. The molecule has 1 amide bonds. The van der Waals surface area contributed by atoms with E-state index in [9.17, 15) is 4.79 Å². The molecular formula is C21H24ClN3O2S. The third kappa shape index (κ3) is 5.67. The van der Waals surface area contributed by atoms with Crippen molar-refractivity contribution in [1.82, 2.24) is 10.2 Å². The van der Waals surface area contributed by atoms with Crippen molar-refractivity contribution < 1.29 is 9.53 Å². The number of benzene rings is 2. The summed E-state index contributed by atoms with van der Waals surface area (Å²) in [5.74, 6) is 0.0605. The Balaban J connectivity index is 1.55. The van der Waals surface area contributed by atoms with Crippen LogP contribution in [0.5, 0.6) is 5.75 Å².